The molecule has 0 fully saturated rings. The molecule has 0 spiro atoms. The normalized spacial score (nSPS) is 10.9. The van der Waals surface area contributed by atoms with Crippen molar-refractivity contribution in [3.63, 3.8) is 0 Å². The van der Waals surface area contributed by atoms with Gasteiger partial charge in [-0.3, -0.25) is 14.9 Å². The lowest BCUT2D eigenvalue weighted by atomic mass is 10.2. The van der Waals surface area contributed by atoms with Crippen LogP contribution < -0.4 is 10.3 Å². The van der Waals surface area contributed by atoms with E-state index in [1.807, 2.05) is 0 Å². The molecule has 0 aliphatic heterocycles. The van der Waals surface area contributed by atoms with Crippen LogP contribution in [0.2, 0.25) is 0 Å². The fourth-order valence-corrected chi connectivity index (χ4v) is 2.60. The number of hydrogen-bond acceptors (Lipinski definition) is 6. The number of H-pyrrole nitrogens is 1. The summed E-state index contributed by atoms with van der Waals surface area (Å²) in [5.41, 5.74) is 0.205. The number of aromatic amines is 1. The average Bonchev–Trinajstić information content (AvgIpc) is 2.95. The van der Waals surface area contributed by atoms with Crippen LogP contribution in [0.5, 0.6) is 5.75 Å². The van der Waals surface area contributed by atoms with Crippen LogP contribution in [0.3, 0.4) is 0 Å². The lowest BCUT2D eigenvalue weighted by molar-refractivity contribution is 0.0205. The van der Waals surface area contributed by atoms with E-state index in [1.54, 1.807) is 51.5 Å². The highest BCUT2D eigenvalue weighted by Crippen LogP contribution is 2.19. The van der Waals surface area contributed by atoms with Crippen LogP contribution in [0.25, 0.3) is 16.9 Å². The summed E-state index contributed by atoms with van der Waals surface area (Å²) in [5, 5.41) is 2.87. The van der Waals surface area contributed by atoms with E-state index in [-0.39, 0.29) is 23.7 Å². The number of halogens is 2. The summed E-state index contributed by atoms with van der Waals surface area (Å²) in [6.07, 6.45) is 5.34. The molecule has 28 heavy (non-hydrogen) atoms. The molecule has 10 heteroatoms. The Morgan fingerprint density at radius 2 is 1.96 bits per heavy atom. The first kappa shape index (κ1) is 21.6. The predicted octanol–water partition coefficient (Wildman–Crippen LogP) is 4.12. The molecule has 0 radical (unpaired) electrons. The van der Waals surface area contributed by atoms with Crippen molar-refractivity contribution < 1.29 is 14.3 Å². The lowest BCUT2D eigenvalue weighted by Crippen LogP contribution is -2.26. The Morgan fingerprint density at radius 1 is 1.21 bits per heavy atom. The molecule has 3 aromatic heterocycles. The second-order valence-corrected chi connectivity index (χ2v) is 7.55. The maximum absolute atomic E-state index is 12.6. The molecule has 3 heterocycles. The van der Waals surface area contributed by atoms with Crippen molar-refractivity contribution in [1.82, 2.24) is 19.7 Å². The van der Waals surface area contributed by atoms with Crippen LogP contribution in [0.15, 0.2) is 52.3 Å². The molecular formula is C18H18BrClN4O4. The molecule has 3 aromatic rings. The van der Waals surface area contributed by atoms with Crippen molar-refractivity contribution in [3.05, 3.63) is 57.8 Å². The van der Waals surface area contributed by atoms with Crippen LogP contribution >= 0.6 is 28.3 Å². The molecule has 0 atom stereocenters. The first-order chi connectivity index (χ1) is 12.7. The summed E-state index contributed by atoms with van der Waals surface area (Å²) in [6, 6.07) is 4.88. The van der Waals surface area contributed by atoms with Crippen LogP contribution in [0.1, 0.15) is 20.8 Å². The Morgan fingerprint density at radius 3 is 2.57 bits per heavy atom. The number of hydrogen-bond donors (Lipinski definition) is 1. The van der Waals surface area contributed by atoms with Crippen molar-refractivity contribution >= 4 is 34.5 Å². The minimum Gasteiger partial charge on any atom is -0.428 e. The lowest BCUT2D eigenvalue weighted by Gasteiger charge is -2.18. The Bertz CT molecular complexity index is 1030. The molecule has 0 saturated heterocycles. The zero-order valence-corrected chi connectivity index (χ0v) is 17.7. The van der Waals surface area contributed by atoms with Crippen LogP contribution in [-0.2, 0) is 4.74 Å². The van der Waals surface area contributed by atoms with E-state index >= 15 is 0 Å². The molecule has 8 nitrogen and oxygen atoms in total. The molecule has 0 bridgehead atoms. The summed E-state index contributed by atoms with van der Waals surface area (Å²) in [6.45, 7) is 5.23. The van der Waals surface area contributed by atoms with Crippen LogP contribution in [-0.4, -0.2) is 31.5 Å². The Labute approximate surface area is 175 Å². The van der Waals surface area contributed by atoms with E-state index in [0.717, 1.165) is 4.47 Å². The monoisotopic (exact) mass is 468 g/mol. The van der Waals surface area contributed by atoms with Gasteiger partial charge in [-0.2, -0.15) is 0 Å². The van der Waals surface area contributed by atoms with Crippen molar-refractivity contribution in [2.24, 2.45) is 0 Å². The van der Waals surface area contributed by atoms with Gasteiger partial charge in [-0.15, -0.1) is 12.4 Å². The van der Waals surface area contributed by atoms with Gasteiger partial charge in [-0.05, 0) is 54.9 Å². The molecular weight excluding hydrogens is 452 g/mol. The zero-order chi connectivity index (χ0) is 19.6. The van der Waals surface area contributed by atoms with E-state index in [2.05, 4.69) is 31.0 Å². The summed E-state index contributed by atoms with van der Waals surface area (Å²) >= 11 is 3.34. The van der Waals surface area contributed by atoms with Crippen LogP contribution in [0.4, 0.5) is 4.79 Å². The summed E-state index contributed by atoms with van der Waals surface area (Å²) < 4.78 is 12.2. The van der Waals surface area contributed by atoms with E-state index in [0.29, 0.717) is 16.9 Å². The molecule has 0 aromatic carbocycles. The minimum atomic E-state index is -0.821. The second kappa shape index (κ2) is 8.57. The number of aromatic nitrogens is 4. The standard InChI is InChI=1S/C18H17BrN4O4.ClH/c1-18(2,3)27-17(25)26-13-4-5-15(21-9-13)23-16(24)14(10-22-23)11-6-12(19)8-20-7-11;/h4-10,22H,1-3H3;1H. The van der Waals surface area contributed by atoms with Gasteiger partial charge in [0.05, 0.1) is 11.8 Å². The highest BCUT2D eigenvalue weighted by atomic mass is 79.9. The molecule has 1 N–H and O–H groups in total. The van der Waals surface area contributed by atoms with Crippen molar-refractivity contribution in [3.8, 4) is 22.7 Å². The van der Waals surface area contributed by atoms with Gasteiger partial charge in [0.2, 0.25) is 0 Å². The highest BCUT2D eigenvalue weighted by molar-refractivity contribution is 9.10. The number of rotatable bonds is 3. The quantitative estimate of drug-likeness (QED) is 0.579. The molecule has 0 aliphatic rings. The topological polar surface area (TPSA) is 99.1 Å². The van der Waals surface area contributed by atoms with E-state index < -0.39 is 11.8 Å². The molecule has 0 aliphatic carbocycles. The summed E-state index contributed by atoms with van der Waals surface area (Å²) in [5.74, 6) is 0.565. The SMILES string of the molecule is CC(C)(C)OC(=O)Oc1ccc(-n2[nH]cc(-c3cncc(Br)c3)c2=O)nc1.Cl. The third-order valence-corrected chi connectivity index (χ3v) is 3.76. The maximum atomic E-state index is 12.6. The fraction of sp³-hybridized carbons (Fsp3) is 0.222. The minimum absolute atomic E-state index is 0. The summed E-state index contributed by atoms with van der Waals surface area (Å²) in [4.78, 5) is 32.5. The number of carbonyl (C=O) groups is 1. The van der Waals surface area contributed by atoms with E-state index in [4.69, 9.17) is 9.47 Å². The van der Waals surface area contributed by atoms with Gasteiger partial charge in [0, 0.05) is 28.6 Å². The number of ether oxygens (including phenoxy) is 2. The number of nitrogens with zero attached hydrogens (tertiary/aromatic N) is 3. The largest absolute Gasteiger partial charge is 0.514 e. The maximum Gasteiger partial charge on any atom is 0.514 e. The first-order valence-electron chi connectivity index (χ1n) is 8.01. The third-order valence-electron chi connectivity index (χ3n) is 3.33. The molecule has 0 saturated carbocycles. The molecule has 148 valence electrons. The van der Waals surface area contributed by atoms with Crippen molar-refractivity contribution in [2.45, 2.75) is 26.4 Å². The van der Waals surface area contributed by atoms with Crippen LogP contribution in [0, 0.1) is 0 Å². The van der Waals surface area contributed by atoms with Crippen molar-refractivity contribution in [1.29, 1.82) is 0 Å². The summed E-state index contributed by atoms with van der Waals surface area (Å²) in [7, 11) is 0. The third kappa shape index (κ3) is 5.20. The second-order valence-electron chi connectivity index (χ2n) is 6.64. The zero-order valence-electron chi connectivity index (χ0n) is 15.3. The molecule has 3 rings (SSSR count). The van der Waals surface area contributed by atoms with Gasteiger partial charge in [0.15, 0.2) is 11.6 Å². The molecule has 0 unspecified atom stereocenters. The smallest absolute Gasteiger partial charge is 0.428 e. The Balaban J connectivity index is 0.00000280. The van der Waals surface area contributed by atoms with E-state index in [9.17, 15) is 9.59 Å². The highest BCUT2D eigenvalue weighted by Gasteiger charge is 2.18. The van der Waals surface area contributed by atoms with Gasteiger partial charge < -0.3 is 9.47 Å². The van der Waals surface area contributed by atoms with Gasteiger partial charge in [0.1, 0.15) is 5.60 Å². The van der Waals surface area contributed by atoms with Gasteiger partial charge in [-0.1, -0.05) is 0 Å². The Kier molecular flexibility index (Phi) is 6.63. The number of carbonyl (C=O) groups excluding carboxylic acids is 1. The van der Waals surface area contributed by atoms with Gasteiger partial charge >= 0.3 is 6.16 Å². The Hall–Kier alpha value is -2.65. The molecule has 0 amide bonds. The predicted molar refractivity (Wildman–Crippen MR) is 109 cm³/mol. The van der Waals surface area contributed by atoms with Gasteiger partial charge in [0.25, 0.3) is 5.56 Å². The first-order valence-corrected chi connectivity index (χ1v) is 8.81. The number of nitrogens with one attached hydrogen (secondary N) is 1. The van der Waals surface area contributed by atoms with Crippen molar-refractivity contribution in [2.75, 3.05) is 0 Å². The van der Waals surface area contributed by atoms with E-state index in [1.165, 1.54) is 16.9 Å². The average molecular weight is 470 g/mol. The fourth-order valence-electron chi connectivity index (χ4n) is 2.24. The van der Waals surface area contributed by atoms with Gasteiger partial charge in [-0.25, -0.2) is 14.5 Å². The number of pyridine rings is 2.